The molecule has 1 N–H and O–H groups in total. The summed E-state index contributed by atoms with van der Waals surface area (Å²) in [5.74, 6) is 2.82. The van der Waals surface area contributed by atoms with Crippen LogP contribution in [0, 0.1) is 0 Å². The molecule has 0 aliphatic heterocycles. The van der Waals surface area contributed by atoms with Gasteiger partial charge in [-0.05, 0) is 62.4 Å². The third-order valence-corrected chi connectivity index (χ3v) is 5.25. The minimum atomic E-state index is -0.233. The number of ether oxygens (including phenoxy) is 2. The van der Waals surface area contributed by atoms with Crippen molar-refractivity contribution in [3.8, 4) is 34.1 Å². The Hall–Kier alpha value is -3.59. The Morgan fingerprint density at radius 2 is 1.69 bits per heavy atom. The summed E-state index contributed by atoms with van der Waals surface area (Å²) in [6, 6.07) is 16.3. The van der Waals surface area contributed by atoms with Crippen molar-refractivity contribution in [1.29, 1.82) is 0 Å². The second kappa shape index (κ2) is 9.69. The van der Waals surface area contributed by atoms with Gasteiger partial charge in [-0.25, -0.2) is 4.98 Å². The first-order chi connectivity index (χ1) is 15.5. The van der Waals surface area contributed by atoms with E-state index in [0.717, 1.165) is 22.6 Å². The highest BCUT2D eigenvalue weighted by atomic mass is 32.2. The van der Waals surface area contributed by atoms with Crippen LogP contribution in [0.5, 0.6) is 11.5 Å². The van der Waals surface area contributed by atoms with E-state index >= 15 is 0 Å². The summed E-state index contributed by atoms with van der Waals surface area (Å²) in [6.07, 6.45) is 0.109. The van der Waals surface area contributed by atoms with Gasteiger partial charge in [-0.3, -0.25) is 4.79 Å². The molecule has 0 atom stereocenters. The maximum Gasteiger partial charge on any atom is 0.252 e. The van der Waals surface area contributed by atoms with Gasteiger partial charge < -0.3 is 19.0 Å². The first-order valence-corrected chi connectivity index (χ1v) is 11.0. The van der Waals surface area contributed by atoms with Crippen molar-refractivity contribution in [2.24, 2.45) is 0 Å². The SMILES string of the molecule is COc1ccc(-c2cc(=O)[nH]c(SCc3nc(-c4ccc(OC(C)C)cc4)no3)n2)cc1. The molecule has 164 valence electrons. The molecule has 0 bridgehead atoms. The summed E-state index contributed by atoms with van der Waals surface area (Å²) in [5, 5.41) is 4.51. The van der Waals surface area contributed by atoms with Gasteiger partial charge in [0.1, 0.15) is 11.5 Å². The smallest absolute Gasteiger partial charge is 0.252 e. The third kappa shape index (κ3) is 5.36. The molecular weight excluding hydrogens is 428 g/mol. The Balaban J connectivity index is 1.44. The number of methoxy groups -OCH3 is 1. The summed E-state index contributed by atoms with van der Waals surface area (Å²) in [5.41, 5.74) is 2.00. The molecule has 0 aliphatic carbocycles. The third-order valence-electron chi connectivity index (χ3n) is 4.39. The van der Waals surface area contributed by atoms with E-state index in [1.165, 1.54) is 17.8 Å². The maximum absolute atomic E-state index is 12.1. The quantitative estimate of drug-likeness (QED) is 0.307. The summed E-state index contributed by atoms with van der Waals surface area (Å²) in [6.45, 7) is 3.96. The lowest BCUT2D eigenvalue weighted by atomic mass is 10.1. The van der Waals surface area contributed by atoms with Crippen LogP contribution in [0.15, 0.2) is 69.1 Å². The molecule has 8 nitrogen and oxygen atoms in total. The number of nitrogens with zero attached hydrogens (tertiary/aromatic N) is 3. The molecule has 9 heteroatoms. The van der Waals surface area contributed by atoms with E-state index in [-0.39, 0.29) is 11.7 Å². The zero-order valence-electron chi connectivity index (χ0n) is 17.9. The van der Waals surface area contributed by atoms with E-state index < -0.39 is 0 Å². The number of thioether (sulfide) groups is 1. The molecule has 0 saturated carbocycles. The molecule has 2 heterocycles. The van der Waals surface area contributed by atoms with Crippen LogP contribution in [-0.4, -0.2) is 33.3 Å². The van der Waals surface area contributed by atoms with Gasteiger partial charge >= 0.3 is 0 Å². The minimum absolute atomic E-state index is 0.109. The fourth-order valence-corrected chi connectivity index (χ4v) is 3.64. The van der Waals surface area contributed by atoms with Crippen LogP contribution in [0.25, 0.3) is 22.6 Å². The molecule has 4 aromatic rings. The van der Waals surface area contributed by atoms with Crippen molar-refractivity contribution in [1.82, 2.24) is 20.1 Å². The minimum Gasteiger partial charge on any atom is -0.497 e. The second-order valence-electron chi connectivity index (χ2n) is 7.16. The number of aromatic amines is 1. The normalized spacial score (nSPS) is 11.0. The lowest BCUT2D eigenvalue weighted by molar-refractivity contribution is 0.242. The van der Waals surface area contributed by atoms with Crippen molar-refractivity contribution in [3.05, 3.63) is 70.8 Å². The molecule has 0 radical (unpaired) electrons. The Morgan fingerprint density at radius 3 is 2.38 bits per heavy atom. The Morgan fingerprint density at radius 1 is 1.00 bits per heavy atom. The molecule has 0 fully saturated rings. The number of hydrogen-bond donors (Lipinski definition) is 1. The van der Waals surface area contributed by atoms with Crippen molar-refractivity contribution < 1.29 is 14.0 Å². The Labute approximate surface area is 189 Å². The molecule has 0 saturated heterocycles. The van der Waals surface area contributed by atoms with Gasteiger partial charge in [-0.1, -0.05) is 16.9 Å². The van der Waals surface area contributed by atoms with E-state index in [2.05, 4.69) is 20.1 Å². The summed E-state index contributed by atoms with van der Waals surface area (Å²) >= 11 is 1.31. The molecule has 0 spiro atoms. The number of hydrogen-bond acceptors (Lipinski definition) is 8. The largest absolute Gasteiger partial charge is 0.497 e. The summed E-state index contributed by atoms with van der Waals surface area (Å²) in [4.78, 5) is 23.8. The van der Waals surface area contributed by atoms with Gasteiger partial charge in [0.15, 0.2) is 5.16 Å². The molecule has 0 amide bonds. The zero-order chi connectivity index (χ0) is 22.5. The van der Waals surface area contributed by atoms with Crippen molar-refractivity contribution in [2.75, 3.05) is 7.11 Å². The van der Waals surface area contributed by atoms with E-state index in [1.54, 1.807) is 7.11 Å². The van der Waals surface area contributed by atoms with Crippen LogP contribution in [0.1, 0.15) is 19.7 Å². The number of H-pyrrole nitrogens is 1. The van der Waals surface area contributed by atoms with Gasteiger partial charge in [-0.15, -0.1) is 0 Å². The van der Waals surface area contributed by atoms with Crippen molar-refractivity contribution >= 4 is 11.8 Å². The van der Waals surface area contributed by atoms with Crippen LogP contribution in [0.2, 0.25) is 0 Å². The standard InChI is InChI=1S/C23H22N4O4S/c1-14(2)30-18-10-6-16(7-11-18)22-26-21(31-27-22)13-32-23-24-19(12-20(28)25-23)15-4-8-17(29-3)9-5-15/h4-12,14H,13H2,1-3H3,(H,24,25,28). The monoisotopic (exact) mass is 450 g/mol. The molecule has 2 aromatic heterocycles. The summed E-state index contributed by atoms with van der Waals surface area (Å²) in [7, 11) is 1.61. The average Bonchev–Trinajstić information content (AvgIpc) is 3.27. The summed E-state index contributed by atoms with van der Waals surface area (Å²) < 4.78 is 16.2. The lowest BCUT2D eigenvalue weighted by Gasteiger charge is -2.09. The van der Waals surface area contributed by atoms with Gasteiger partial charge in [0.05, 0.1) is 24.7 Å². The fourth-order valence-electron chi connectivity index (χ4n) is 2.93. The van der Waals surface area contributed by atoms with Gasteiger partial charge in [0.25, 0.3) is 5.56 Å². The van der Waals surface area contributed by atoms with E-state index in [0.29, 0.717) is 28.3 Å². The number of nitrogens with one attached hydrogen (secondary N) is 1. The van der Waals surface area contributed by atoms with Crippen LogP contribution >= 0.6 is 11.8 Å². The van der Waals surface area contributed by atoms with Crippen LogP contribution in [0.3, 0.4) is 0 Å². The molecule has 0 aliphatic rings. The van der Waals surface area contributed by atoms with Gasteiger partial charge in [-0.2, -0.15) is 4.98 Å². The van der Waals surface area contributed by atoms with Crippen LogP contribution < -0.4 is 15.0 Å². The highest BCUT2D eigenvalue weighted by Crippen LogP contribution is 2.25. The lowest BCUT2D eigenvalue weighted by Crippen LogP contribution is -2.08. The van der Waals surface area contributed by atoms with Gasteiger partial charge in [0, 0.05) is 17.2 Å². The predicted molar refractivity (Wildman–Crippen MR) is 122 cm³/mol. The van der Waals surface area contributed by atoms with Crippen molar-refractivity contribution in [3.63, 3.8) is 0 Å². The Bertz CT molecular complexity index is 1230. The zero-order valence-corrected chi connectivity index (χ0v) is 18.7. The maximum atomic E-state index is 12.1. The molecule has 32 heavy (non-hydrogen) atoms. The molecule has 2 aromatic carbocycles. The van der Waals surface area contributed by atoms with Gasteiger partial charge in [0.2, 0.25) is 11.7 Å². The Kier molecular flexibility index (Phi) is 6.55. The average molecular weight is 451 g/mol. The first-order valence-electron chi connectivity index (χ1n) is 9.98. The molecular formula is C23H22N4O4S. The topological polar surface area (TPSA) is 103 Å². The molecule has 0 unspecified atom stereocenters. The highest BCUT2D eigenvalue weighted by Gasteiger charge is 2.11. The molecule has 4 rings (SSSR count). The first kappa shape index (κ1) is 21.6. The van der Waals surface area contributed by atoms with E-state index in [1.807, 2.05) is 62.4 Å². The highest BCUT2D eigenvalue weighted by molar-refractivity contribution is 7.98. The number of aromatic nitrogens is 4. The number of benzene rings is 2. The second-order valence-corrected chi connectivity index (χ2v) is 8.12. The predicted octanol–water partition coefficient (Wildman–Crippen LogP) is 4.58. The van der Waals surface area contributed by atoms with E-state index in [9.17, 15) is 4.79 Å². The van der Waals surface area contributed by atoms with Crippen molar-refractivity contribution in [2.45, 2.75) is 30.9 Å². The fraction of sp³-hybridized carbons (Fsp3) is 0.217. The van der Waals surface area contributed by atoms with Crippen LogP contribution in [0.4, 0.5) is 0 Å². The number of rotatable bonds is 8. The van der Waals surface area contributed by atoms with E-state index in [4.69, 9.17) is 14.0 Å². The van der Waals surface area contributed by atoms with Crippen LogP contribution in [-0.2, 0) is 5.75 Å².